The highest BCUT2D eigenvalue weighted by Crippen LogP contribution is 2.56. The minimum Gasteiger partial charge on any atom is -0.0840 e. The van der Waals surface area contributed by atoms with E-state index in [1.807, 2.05) is 0 Å². The molecule has 0 nitrogen and oxygen atoms in total. The molecule has 4 aromatic carbocycles. The summed E-state index contributed by atoms with van der Waals surface area (Å²) in [7, 11) is 0. The summed E-state index contributed by atoms with van der Waals surface area (Å²) in [6.07, 6.45) is 2.66. The van der Waals surface area contributed by atoms with Crippen LogP contribution in [0.25, 0.3) is 32.3 Å². The summed E-state index contributed by atoms with van der Waals surface area (Å²) in [5.41, 5.74) is 7.77. The lowest BCUT2D eigenvalue weighted by atomic mass is 9.94. The molecule has 0 amide bonds. The summed E-state index contributed by atoms with van der Waals surface area (Å²) < 4.78 is 0. The molecule has 0 radical (unpaired) electrons. The highest BCUT2D eigenvalue weighted by atomic mass is 35.5. The van der Waals surface area contributed by atoms with E-state index in [4.69, 9.17) is 34.8 Å². The molecule has 114 valence electrons. The monoisotopic (exact) mass is 366 g/mol. The van der Waals surface area contributed by atoms with Crippen molar-refractivity contribution in [2.75, 3.05) is 0 Å². The Morgan fingerprint density at radius 1 is 0.458 bits per heavy atom. The van der Waals surface area contributed by atoms with Crippen LogP contribution in [0.3, 0.4) is 0 Å². The Balaban J connectivity index is 1.98. The molecule has 0 saturated heterocycles. The summed E-state index contributed by atoms with van der Waals surface area (Å²) in [5.74, 6) is 0. The van der Waals surface area contributed by atoms with Gasteiger partial charge >= 0.3 is 0 Å². The second-order valence-corrected chi connectivity index (χ2v) is 8.49. The maximum atomic E-state index is 6.67. The van der Waals surface area contributed by atoms with Gasteiger partial charge in [0.15, 0.2) is 0 Å². The van der Waals surface area contributed by atoms with Crippen LogP contribution in [-0.2, 0) is 19.3 Å². The Bertz CT molecular complexity index is 1150. The van der Waals surface area contributed by atoms with Crippen molar-refractivity contribution in [2.45, 2.75) is 19.3 Å². The minimum absolute atomic E-state index is 0.885. The third-order valence-corrected chi connectivity index (χ3v) is 7.25. The number of benzene rings is 4. The van der Waals surface area contributed by atoms with E-state index in [1.54, 1.807) is 0 Å². The van der Waals surface area contributed by atoms with Gasteiger partial charge in [-0.1, -0.05) is 34.8 Å². The first-order valence-corrected chi connectivity index (χ1v) is 9.30. The molecular formula is C21H9Cl3. The van der Waals surface area contributed by atoms with Crippen LogP contribution >= 0.6 is 34.8 Å². The van der Waals surface area contributed by atoms with Gasteiger partial charge in [0.05, 0.1) is 0 Å². The molecule has 24 heavy (non-hydrogen) atoms. The maximum absolute atomic E-state index is 6.67. The van der Waals surface area contributed by atoms with E-state index in [1.165, 1.54) is 65.7 Å². The van der Waals surface area contributed by atoms with Crippen LogP contribution < -0.4 is 0 Å². The number of rotatable bonds is 0. The Hall–Kier alpha value is -1.47. The zero-order valence-electron chi connectivity index (χ0n) is 12.5. The fourth-order valence-electron chi connectivity index (χ4n) is 5.42. The molecule has 0 N–H and O–H groups in total. The van der Waals surface area contributed by atoms with Gasteiger partial charge in [0.2, 0.25) is 0 Å². The summed E-state index contributed by atoms with van der Waals surface area (Å²) >= 11 is 20.0. The van der Waals surface area contributed by atoms with E-state index >= 15 is 0 Å². The smallest absolute Gasteiger partial charge is 0.0450 e. The molecular weight excluding hydrogens is 359 g/mol. The second kappa shape index (κ2) is 3.70. The molecule has 0 bridgehead atoms. The lowest BCUT2D eigenvalue weighted by molar-refractivity contribution is 1.24. The van der Waals surface area contributed by atoms with Crippen molar-refractivity contribution in [3.63, 3.8) is 0 Å². The van der Waals surface area contributed by atoms with Crippen LogP contribution in [-0.4, -0.2) is 0 Å². The zero-order chi connectivity index (χ0) is 15.9. The van der Waals surface area contributed by atoms with E-state index in [2.05, 4.69) is 18.2 Å². The third-order valence-electron chi connectivity index (χ3n) is 6.24. The van der Waals surface area contributed by atoms with E-state index in [-0.39, 0.29) is 0 Å². The Labute approximate surface area is 152 Å². The lowest BCUT2D eigenvalue weighted by Gasteiger charge is -2.10. The van der Waals surface area contributed by atoms with Crippen molar-refractivity contribution in [3.8, 4) is 0 Å². The Kier molecular flexibility index (Phi) is 1.98. The van der Waals surface area contributed by atoms with Crippen molar-refractivity contribution >= 4 is 67.1 Å². The van der Waals surface area contributed by atoms with Crippen LogP contribution in [0.2, 0.25) is 15.1 Å². The fraction of sp³-hybridized carbons (Fsp3) is 0.143. The van der Waals surface area contributed by atoms with Gasteiger partial charge in [-0.25, -0.2) is 0 Å². The van der Waals surface area contributed by atoms with Crippen LogP contribution in [0, 0.1) is 0 Å². The molecule has 3 aliphatic carbocycles. The highest BCUT2D eigenvalue weighted by Gasteiger charge is 2.34. The van der Waals surface area contributed by atoms with Crippen LogP contribution in [0.15, 0.2) is 18.2 Å². The summed E-state index contributed by atoms with van der Waals surface area (Å²) in [6.45, 7) is 0. The van der Waals surface area contributed by atoms with Crippen molar-refractivity contribution in [1.29, 1.82) is 0 Å². The van der Waals surface area contributed by atoms with Crippen LogP contribution in [0.4, 0.5) is 0 Å². The van der Waals surface area contributed by atoms with Crippen LogP contribution in [0.5, 0.6) is 0 Å². The number of hydrogen-bond donors (Lipinski definition) is 0. The Morgan fingerprint density at radius 2 is 0.750 bits per heavy atom. The average Bonchev–Trinajstić information content (AvgIpc) is 3.18. The fourth-order valence-corrected chi connectivity index (χ4v) is 6.30. The molecule has 0 aromatic heterocycles. The van der Waals surface area contributed by atoms with Crippen molar-refractivity contribution < 1.29 is 0 Å². The van der Waals surface area contributed by atoms with Crippen molar-refractivity contribution in [3.05, 3.63) is 66.6 Å². The zero-order valence-corrected chi connectivity index (χ0v) is 14.8. The molecule has 0 spiro atoms. The van der Waals surface area contributed by atoms with Gasteiger partial charge in [-0.2, -0.15) is 0 Å². The van der Waals surface area contributed by atoms with Gasteiger partial charge in [0.25, 0.3) is 0 Å². The van der Waals surface area contributed by atoms with E-state index in [0.29, 0.717) is 0 Å². The maximum Gasteiger partial charge on any atom is 0.0450 e. The topological polar surface area (TPSA) is 0 Å². The first-order valence-electron chi connectivity index (χ1n) is 8.17. The molecule has 0 saturated carbocycles. The standard InChI is InChI=1S/C21H9Cl3/c22-13-5-8-2-12-15(24)6-9-3-11-14(23)4-7-1-10(13)19-16(7)20(11)18(9)21(12)17(8)19/h4-6H,1-3H2. The first-order chi connectivity index (χ1) is 11.6. The molecule has 4 aromatic rings. The van der Waals surface area contributed by atoms with E-state index in [9.17, 15) is 0 Å². The largest absolute Gasteiger partial charge is 0.0840 e. The quantitative estimate of drug-likeness (QED) is 0.258. The molecule has 0 fully saturated rings. The lowest BCUT2D eigenvalue weighted by Crippen LogP contribution is -1.86. The van der Waals surface area contributed by atoms with Crippen molar-refractivity contribution in [1.82, 2.24) is 0 Å². The van der Waals surface area contributed by atoms with Gasteiger partial charge in [-0.3, -0.25) is 0 Å². The van der Waals surface area contributed by atoms with Crippen LogP contribution in [0.1, 0.15) is 33.4 Å². The summed E-state index contributed by atoms with van der Waals surface area (Å²) in [5, 5.41) is 10.9. The predicted molar refractivity (Wildman–Crippen MR) is 102 cm³/mol. The highest BCUT2D eigenvalue weighted by molar-refractivity contribution is 6.42. The van der Waals surface area contributed by atoms with E-state index < -0.39 is 0 Å². The van der Waals surface area contributed by atoms with Gasteiger partial charge < -0.3 is 0 Å². The van der Waals surface area contributed by atoms with Gasteiger partial charge in [-0.15, -0.1) is 0 Å². The molecule has 0 atom stereocenters. The summed E-state index contributed by atoms with van der Waals surface area (Å²) in [4.78, 5) is 0. The molecule has 7 rings (SSSR count). The number of hydrogen-bond acceptors (Lipinski definition) is 0. The van der Waals surface area contributed by atoms with Gasteiger partial charge in [-0.05, 0) is 83.9 Å². The van der Waals surface area contributed by atoms with Gasteiger partial charge in [0, 0.05) is 34.3 Å². The molecule has 3 aliphatic rings. The first kappa shape index (κ1) is 12.8. The van der Waals surface area contributed by atoms with Crippen molar-refractivity contribution in [2.24, 2.45) is 0 Å². The summed E-state index contributed by atoms with van der Waals surface area (Å²) in [6, 6.07) is 6.48. The minimum atomic E-state index is 0.885. The SMILES string of the molecule is Clc1cc2c3c4c1Cc1cc(Cl)c5c(c14)c1c(cc(Cl)c(c31)C2)C5. The molecule has 3 heteroatoms. The molecule has 0 unspecified atom stereocenters. The molecule has 0 aliphatic heterocycles. The predicted octanol–water partition coefficient (Wildman–Crippen LogP) is 6.82. The normalized spacial score (nSPS) is 15.6. The second-order valence-electron chi connectivity index (χ2n) is 7.27. The Morgan fingerprint density at radius 3 is 1.04 bits per heavy atom. The average molecular weight is 368 g/mol. The molecule has 0 heterocycles. The van der Waals surface area contributed by atoms with Gasteiger partial charge in [0.1, 0.15) is 0 Å². The van der Waals surface area contributed by atoms with E-state index in [0.717, 1.165) is 34.3 Å². The number of halogens is 3. The third kappa shape index (κ3) is 1.15.